The van der Waals surface area contributed by atoms with E-state index < -0.39 is 6.04 Å². The molecule has 0 spiro atoms. The molecular weight excluding hydrogens is 362 g/mol. The van der Waals surface area contributed by atoms with E-state index in [1.54, 1.807) is 12.1 Å². The maximum atomic E-state index is 12.9. The second-order valence-electron chi connectivity index (χ2n) is 6.89. The molecule has 3 aromatic rings. The Bertz CT molecular complexity index is 919. The summed E-state index contributed by atoms with van der Waals surface area (Å²) >= 11 is 0. The molecule has 0 aromatic heterocycles. The Hall–Kier alpha value is -3.60. The zero-order chi connectivity index (χ0) is 20.6. The molecule has 1 atom stereocenters. The molecule has 0 saturated carbocycles. The molecule has 0 bridgehead atoms. The number of anilines is 2. The van der Waals surface area contributed by atoms with Crippen molar-refractivity contribution in [2.75, 3.05) is 10.6 Å². The highest BCUT2D eigenvalue weighted by molar-refractivity contribution is 5.89. The van der Waals surface area contributed by atoms with E-state index in [4.69, 9.17) is 0 Å². The molecular formula is C24H25N3O2. The second-order valence-corrected chi connectivity index (χ2v) is 6.89. The minimum Gasteiger partial charge on any atom is -0.374 e. The summed E-state index contributed by atoms with van der Waals surface area (Å²) in [6, 6.07) is 26.4. The van der Waals surface area contributed by atoms with Gasteiger partial charge in [0.05, 0.1) is 6.04 Å². The first kappa shape index (κ1) is 20.1. The molecule has 3 N–H and O–H groups in total. The minimum absolute atomic E-state index is 0.118. The minimum atomic E-state index is -0.461. The normalized spacial score (nSPS) is 11.6. The van der Waals surface area contributed by atoms with Crippen LogP contribution < -0.4 is 16.0 Å². The standard InChI is InChI=1S/C24H25N3O2/c1-17(25-21-14-9-15-22(16-21)26-18(2)28)24(29)27-23(19-10-5-3-6-11-19)20-12-7-4-8-13-20/h3-17,23,25H,1-2H3,(H,26,28)(H,27,29). The maximum Gasteiger partial charge on any atom is 0.242 e. The van der Waals surface area contributed by atoms with E-state index in [2.05, 4.69) is 16.0 Å². The van der Waals surface area contributed by atoms with Gasteiger partial charge in [0.15, 0.2) is 0 Å². The molecule has 0 saturated heterocycles. The van der Waals surface area contributed by atoms with Crippen molar-refractivity contribution in [2.24, 2.45) is 0 Å². The van der Waals surface area contributed by atoms with Crippen LogP contribution in [0.3, 0.4) is 0 Å². The third-order valence-electron chi connectivity index (χ3n) is 4.51. The fourth-order valence-electron chi connectivity index (χ4n) is 3.12. The van der Waals surface area contributed by atoms with E-state index in [-0.39, 0.29) is 17.9 Å². The number of rotatable bonds is 7. The maximum absolute atomic E-state index is 12.9. The summed E-state index contributed by atoms with van der Waals surface area (Å²) in [5, 5.41) is 9.09. The Balaban J connectivity index is 1.73. The van der Waals surface area contributed by atoms with Gasteiger partial charge in [-0.15, -0.1) is 0 Å². The number of carbonyl (C=O) groups is 2. The van der Waals surface area contributed by atoms with Gasteiger partial charge < -0.3 is 16.0 Å². The molecule has 0 aliphatic carbocycles. The lowest BCUT2D eigenvalue weighted by Crippen LogP contribution is -2.40. The molecule has 148 valence electrons. The Labute approximate surface area is 171 Å². The molecule has 5 heteroatoms. The van der Waals surface area contributed by atoms with Crippen LogP contribution in [-0.2, 0) is 9.59 Å². The number of benzene rings is 3. The molecule has 0 aliphatic rings. The van der Waals surface area contributed by atoms with Gasteiger partial charge in [-0.25, -0.2) is 0 Å². The summed E-state index contributed by atoms with van der Waals surface area (Å²) in [7, 11) is 0. The highest BCUT2D eigenvalue weighted by Crippen LogP contribution is 2.22. The molecule has 1 unspecified atom stereocenters. The fraction of sp³-hybridized carbons (Fsp3) is 0.167. The van der Waals surface area contributed by atoms with Crippen molar-refractivity contribution in [3.63, 3.8) is 0 Å². The summed E-state index contributed by atoms with van der Waals surface area (Å²) < 4.78 is 0. The number of hydrogen-bond donors (Lipinski definition) is 3. The first-order valence-corrected chi connectivity index (χ1v) is 9.57. The number of hydrogen-bond acceptors (Lipinski definition) is 3. The Kier molecular flexibility index (Phi) is 6.63. The third kappa shape index (κ3) is 5.69. The van der Waals surface area contributed by atoms with Gasteiger partial charge in [0.2, 0.25) is 11.8 Å². The molecule has 0 heterocycles. The van der Waals surface area contributed by atoms with Crippen LogP contribution in [0.4, 0.5) is 11.4 Å². The van der Waals surface area contributed by atoms with Gasteiger partial charge >= 0.3 is 0 Å². The first-order valence-electron chi connectivity index (χ1n) is 9.57. The average Bonchev–Trinajstić information content (AvgIpc) is 2.73. The lowest BCUT2D eigenvalue weighted by Gasteiger charge is -2.23. The van der Waals surface area contributed by atoms with E-state index in [1.807, 2.05) is 79.7 Å². The van der Waals surface area contributed by atoms with Crippen molar-refractivity contribution in [3.05, 3.63) is 96.1 Å². The van der Waals surface area contributed by atoms with E-state index in [0.29, 0.717) is 5.69 Å². The van der Waals surface area contributed by atoms with Crippen molar-refractivity contribution in [2.45, 2.75) is 25.9 Å². The SMILES string of the molecule is CC(=O)Nc1cccc(NC(C)C(=O)NC(c2ccccc2)c2ccccc2)c1. The lowest BCUT2D eigenvalue weighted by atomic mass is 9.98. The van der Waals surface area contributed by atoms with E-state index >= 15 is 0 Å². The molecule has 3 rings (SSSR count). The van der Waals surface area contributed by atoms with E-state index in [0.717, 1.165) is 16.8 Å². The summed E-state index contributed by atoms with van der Waals surface area (Å²) in [5.41, 5.74) is 3.48. The van der Waals surface area contributed by atoms with Crippen molar-refractivity contribution >= 4 is 23.2 Å². The van der Waals surface area contributed by atoms with Gasteiger partial charge in [-0.05, 0) is 36.2 Å². The van der Waals surface area contributed by atoms with Crippen LogP contribution in [0.25, 0.3) is 0 Å². The Morgan fingerprint density at radius 1 is 0.759 bits per heavy atom. The zero-order valence-electron chi connectivity index (χ0n) is 16.6. The van der Waals surface area contributed by atoms with Gasteiger partial charge in [0.1, 0.15) is 6.04 Å². The van der Waals surface area contributed by atoms with Gasteiger partial charge in [0, 0.05) is 18.3 Å². The van der Waals surface area contributed by atoms with Gasteiger partial charge in [-0.2, -0.15) is 0 Å². The molecule has 2 amide bonds. The van der Waals surface area contributed by atoms with Crippen molar-refractivity contribution in [1.29, 1.82) is 0 Å². The summed E-state index contributed by atoms with van der Waals surface area (Å²) in [4.78, 5) is 24.2. The molecule has 29 heavy (non-hydrogen) atoms. The van der Waals surface area contributed by atoms with Crippen LogP contribution >= 0.6 is 0 Å². The molecule has 0 fully saturated rings. The van der Waals surface area contributed by atoms with Crippen LogP contribution in [0.2, 0.25) is 0 Å². The van der Waals surface area contributed by atoms with Gasteiger partial charge in [-0.1, -0.05) is 66.7 Å². The van der Waals surface area contributed by atoms with Gasteiger partial charge in [0.25, 0.3) is 0 Å². The van der Waals surface area contributed by atoms with Crippen molar-refractivity contribution in [1.82, 2.24) is 5.32 Å². The summed E-state index contributed by atoms with van der Waals surface area (Å²) in [6.45, 7) is 3.27. The van der Waals surface area contributed by atoms with Crippen LogP contribution in [-0.4, -0.2) is 17.9 Å². The Morgan fingerprint density at radius 2 is 1.31 bits per heavy atom. The number of amides is 2. The lowest BCUT2D eigenvalue weighted by molar-refractivity contribution is -0.122. The largest absolute Gasteiger partial charge is 0.374 e. The van der Waals surface area contributed by atoms with E-state index in [1.165, 1.54) is 6.92 Å². The molecule has 5 nitrogen and oxygen atoms in total. The highest BCUT2D eigenvalue weighted by atomic mass is 16.2. The predicted octanol–water partition coefficient (Wildman–Crippen LogP) is 4.35. The average molecular weight is 387 g/mol. The zero-order valence-corrected chi connectivity index (χ0v) is 16.6. The van der Waals surface area contributed by atoms with E-state index in [9.17, 15) is 9.59 Å². The number of carbonyl (C=O) groups excluding carboxylic acids is 2. The molecule has 0 radical (unpaired) electrons. The fourth-order valence-corrected chi connectivity index (χ4v) is 3.12. The summed E-state index contributed by atoms with van der Waals surface area (Å²) in [6.07, 6.45) is 0. The summed E-state index contributed by atoms with van der Waals surface area (Å²) in [5.74, 6) is -0.255. The number of nitrogens with one attached hydrogen (secondary N) is 3. The second kappa shape index (κ2) is 9.55. The predicted molar refractivity (Wildman–Crippen MR) is 117 cm³/mol. The third-order valence-corrected chi connectivity index (χ3v) is 4.51. The quantitative estimate of drug-likeness (QED) is 0.564. The van der Waals surface area contributed by atoms with Crippen LogP contribution in [0.1, 0.15) is 31.0 Å². The van der Waals surface area contributed by atoms with Crippen LogP contribution in [0.5, 0.6) is 0 Å². The molecule has 3 aromatic carbocycles. The Morgan fingerprint density at radius 3 is 1.86 bits per heavy atom. The first-order chi connectivity index (χ1) is 14.0. The van der Waals surface area contributed by atoms with Crippen LogP contribution in [0, 0.1) is 0 Å². The molecule has 0 aliphatic heterocycles. The van der Waals surface area contributed by atoms with Crippen molar-refractivity contribution < 1.29 is 9.59 Å². The van der Waals surface area contributed by atoms with Crippen LogP contribution in [0.15, 0.2) is 84.9 Å². The smallest absolute Gasteiger partial charge is 0.242 e. The van der Waals surface area contributed by atoms with Gasteiger partial charge in [-0.3, -0.25) is 9.59 Å². The monoisotopic (exact) mass is 387 g/mol. The highest BCUT2D eigenvalue weighted by Gasteiger charge is 2.20. The van der Waals surface area contributed by atoms with Crippen molar-refractivity contribution in [3.8, 4) is 0 Å². The topological polar surface area (TPSA) is 70.2 Å².